The molecular weight excluding hydrogens is 1380 g/mol. The third-order valence-corrected chi connectivity index (χ3v) is 22.0. The van der Waals surface area contributed by atoms with Gasteiger partial charge in [-0.25, -0.2) is 29.9 Å². The molecule has 0 amide bonds. The van der Waals surface area contributed by atoms with Crippen molar-refractivity contribution < 1.29 is 0 Å². The molecule has 3 aromatic heterocycles. The van der Waals surface area contributed by atoms with E-state index in [4.69, 9.17) is 15.0 Å². The molecule has 19 aromatic carbocycles. The average molecular weight is 1450 g/mol. The summed E-state index contributed by atoms with van der Waals surface area (Å²) in [6.45, 7) is 0. The maximum absolute atomic E-state index is 5.11. The van der Waals surface area contributed by atoms with Crippen molar-refractivity contribution in [3.8, 4) is 112 Å². The summed E-state index contributed by atoms with van der Waals surface area (Å²) < 4.78 is 0. The van der Waals surface area contributed by atoms with E-state index in [0.717, 1.165) is 67.4 Å². The lowest BCUT2D eigenvalue weighted by molar-refractivity contribution is 1.07. The van der Waals surface area contributed by atoms with E-state index in [0.29, 0.717) is 11.6 Å². The number of rotatable bonds is 10. The van der Waals surface area contributed by atoms with Gasteiger partial charge in [0.15, 0.2) is 17.5 Å². The first-order valence-electron chi connectivity index (χ1n) is 38.6. The Labute approximate surface area is 660 Å². The zero-order chi connectivity index (χ0) is 75.7. The third kappa shape index (κ3) is 13.0. The first-order valence-corrected chi connectivity index (χ1v) is 38.6. The van der Waals surface area contributed by atoms with Gasteiger partial charge in [-0.05, 0) is 190 Å². The van der Waals surface area contributed by atoms with Gasteiger partial charge in [0.1, 0.15) is 6.33 Å². The number of pyridine rings is 1. The highest BCUT2D eigenvalue weighted by atomic mass is 15.0. The molecule has 532 valence electrons. The molecule has 0 spiro atoms. The topological polar surface area (TPSA) is 77.3 Å². The van der Waals surface area contributed by atoms with E-state index in [1.165, 1.54) is 130 Å². The molecule has 0 aliphatic carbocycles. The van der Waals surface area contributed by atoms with Gasteiger partial charge in [-0.15, -0.1) is 0 Å². The van der Waals surface area contributed by atoms with Crippen LogP contribution in [-0.4, -0.2) is 29.9 Å². The van der Waals surface area contributed by atoms with Crippen LogP contribution in [0.3, 0.4) is 0 Å². The predicted molar refractivity (Wildman–Crippen MR) is 478 cm³/mol. The number of fused-ring (bicyclic) bond motifs is 18. The molecule has 0 saturated heterocycles. The highest BCUT2D eigenvalue weighted by Gasteiger charge is 2.18. The summed E-state index contributed by atoms with van der Waals surface area (Å²) in [7, 11) is 0. The molecular formula is C108H70N6. The number of nitrogens with zero attached hydrogens (tertiary/aromatic N) is 6. The second-order valence-corrected chi connectivity index (χ2v) is 28.8. The summed E-state index contributed by atoms with van der Waals surface area (Å²) in [6.07, 6.45) is 3.43. The molecule has 0 saturated carbocycles. The lowest BCUT2D eigenvalue weighted by atomic mass is 9.89. The normalized spacial score (nSPS) is 11.3. The monoisotopic (exact) mass is 1450 g/mol. The lowest BCUT2D eigenvalue weighted by Crippen LogP contribution is -1.95. The molecule has 6 nitrogen and oxygen atoms in total. The van der Waals surface area contributed by atoms with Gasteiger partial charge in [-0.2, -0.15) is 0 Å². The molecule has 0 atom stereocenters. The van der Waals surface area contributed by atoms with Crippen molar-refractivity contribution >= 4 is 97.0 Å². The molecule has 0 N–H and O–H groups in total. The molecule has 0 unspecified atom stereocenters. The summed E-state index contributed by atoms with van der Waals surface area (Å²) in [5.74, 6) is 2.08. The summed E-state index contributed by atoms with van der Waals surface area (Å²) in [5.41, 5.74) is 18.6. The minimum Gasteiger partial charge on any atom is -0.248 e. The van der Waals surface area contributed by atoms with E-state index in [1.54, 1.807) is 6.33 Å². The second-order valence-electron chi connectivity index (χ2n) is 28.8. The smallest absolute Gasteiger partial charge is 0.163 e. The Bertz CT molecular complexity index is 6970. The quantitative estimate of drug-likeness (QED) is 0.127. The first kappa shape index (κ1) is 68.1. The maximum atomic E-state index is 5.11. The molecule has 22 rings (SSSR count). The maximum Gasteiger partial charge on any atom is 0.163 e. The molecule has 3 heterocycles. The first-order chi connectivity index (χ1) is 56.5. The summed E-state index contributed by atoms with van der Waals surface area (Å²) in [6, 6.07) is 146. The highest BCUT2D eigenvalue weighted by Crippen LogP contribution is 2.44. The molecule has 0 fully saturated rings. The Balaban J connectivity index is 0.000000111. The average Bonchev–Trinajstić information content (AvgIpc) is 0.751. The summed E-state index contributed by atoms with van der Waals surface area (Å²) in [5, 5.41) is 23.1. The van der Waals surface area contributed by atoms with Crippen molar-refractivity contribution in [3.63, 3.8) is 0 Å². The van der Waals surface area contributed by atoms with Gasteiger partial charge in [0, 0.05) is 39.6 Å². The Hall–Kier alpha value is -15.2. The fraction of sp³-hybridized carbons (Fsp3) is 0. The van der Waals surface area contributed by atoms with Gasteiger partial charge in [0.25, 0.3) is 0 Å². The fourth-order valence-corrected chi connectivity index (χ4v) is 16.5. The van der Waals surface area contributed by atoms with Crippen molar-refractivity contribution in [2.45, 2.75) is 0 Å². The summed E-state index contributed by atoms with van der Waals surface area (Å²) >= 11 is 0. The number of aromatic nitrogens is 6. The van der Waals surface area contributed by atoms with Crippen LogP contribution in [0.1, 0.15) is 0 Å². The standard InChI is InChI=1S/C41H27N.C34H22N2.C33H21N3/c1-3-13-28(14-4-1)40-26-31(27-41(42-40)29-15-5-2-6-16-29)33-18-8-7-17-32(33)30-23-24-38-36-21-10-9-19-34(36)35-20-11-12-22-37(35)39(38)25-30;1-2-9-23(10-3-1)34-35-20-19-33(36-34)26-12-8-11-24(21-26)25-17-18-31-29-15-5-4-13-27(29)28-14-6-7-16-30(28)32(31)22-25;1-2-9-22(10-3-1)32-34-21-35-33(36-32)25-12-8-11-23(19-25)24-17-18-30-28-15-5-4-13-26(28)27-14-6-7-16-29(27)31(30)20-24/h1-27H;1-22H;1-21H. The minimum absolute atomic E-state index is 0.669. The van der Waals surface area contributed by atoms with E-state index in [1.807, 2.05) is 85.1 Å². The number of hydrogen-bond donors (Lipinski definition) is 0. The van der Waals surface area contributed by atoms with Gasteiger partial charge in [0.2, 0.25) is 0 Å². The predicted octanol–water partition coefficient (Wildman–Crippen LogP) is 28.5. The van der Waals surface area contributed by atoms with Crippen LogP contribution in [-0.2, 0) is 0 Å². The van der Waals surface area contributed by atoms with Crippen LogP contribution in [0, 0.1) is 0 Å². The highest BCUT2D eigenvalue weighted by molar-refractivity contribution is 6.28. The van der Waals surface area contributed by atoms with Gasteiger partial charge in [-0.1, -0.05) is 364 Å². The molecule has 0 aliphatic heterocycles. The lowest BCUT2D eigenvalue weighted by Gasteiger charge is -2.15. The van der Waals surface area contributed by atoms with Crippen molar-refractivity contribution in [2.75, 3.05) is 0 Å². The van der Waals surface area contributed by atoms with Crippen LogP contribution in [0.5, 0.6) is 0 Å². The zero-order valence-electron chi connectivity index (χ0n) is 62.1. The van der Waals surface area contributed by atoms with Crippen LogP contribution in [0.15, 0.2) is 425 Å². The molecule has 0 bridgehead atoms. The van der Waals surface area contributed by atoms with Gasteiger partial charge < -0.3 is 0 Å². The van der Waals surface area contributed by atoms with Crippen LogP contribution in [0.2, 0.25) is 0 Å². The fourth-order valence-electron chi connectivity index (χ4n) is 16.5. The number of benzene rings is 19. The van der Waals surface area contributed by atoms with Gasteiger partial charge in [0.05, 0.1) is 17.1 Å². The molecule has 0 radical (unpaired) electrons. The summed E-state index contributed by atoms with van der Waals surface area (Å²) in [4.78, 5) is 28.1. The van der Waals surface area contributed by atoms with Crippen LogP contribution >= 0.6 is 0 Å². The van der Waals surface area contributed by atoms with Gasteiger partial charge in [-0.3, -0.25) is 0 Å². The van der Waals surface area contributed by atoms with Crippen LogP contribution < -0.4 is 0 Å². The van der Waals surface area contributed by atoms with Gasteiger partial charge >= 0.3 is 0 Å². The zero-order valence-corrected chi connectivity index (χ0v) is 62.1. The molecule has 22 aromatic rings. The van der Waals surface area contributed by atoms with Crippen LogP contribution in [0.25, 0.3) is 209 Å². The van der Waals surface area contributed by atoms with Crippen molar-refractivity contribution in [1.82, 2.24) is 29.9 Å². The van der Waals surface area contributed by atoms with Crippen molar-refractivity contribution in [3.05, 3.63) is 425 Å². The van der Waals surface area contributed by atoms with E-state index in [-0.39, 0.29) is 0 Å². The third-order valence-electron chi connectivity index (χ3n) is 22.0. The SMILES string of the molecule is c1ccc(-c2cc(-c3ccccc3-c3ccc4c5ccccc5c5ccccc5c4c3)cc(-c3ccccc3)n2)cc1.c1ccc(-c2nccc(-c3cccc(-c4ccc5c6ccccc6c6ccccc6c5c4)c3)n2)cc1.c1ccc(-c2ncnc(-c3cccc(-c4ccc5c6ccccc6c6ccccc6c5c4)c3)n2)cc1. The Morgan fingerprint density at radius 1 is 0.132 bits per heavy atom. The second kappa shape index (κ2) is 30.0. The Kier molecular flexibility index (Phi) is 17.9. The van der Waals surface area contributed by atoms with E-state index in [9.17, 15) is 0 Å². The number of hydrogen-bond acceptors (Lipinski definition) is 6. The van der Waals surface area contributed by atoms with Crippen LogP contribution in [0.4, 0.5) is 0 Å². The van der Waals surface area contributed by atoms with E-state index >= 15 is 0 Å². The minimum atomic E-state index is 0.669. The Morgan fingerprint density at radius 2 is 0.412 bits per heavy atom. The van der Waals surface area contributed by atoms with E-state index < -0.39 is 0 Å². The van der Waals surface area contributed by atoms with E-state index in [2.05, 4.69) is 349 Å². The Morgan fingerprint density at radius 3 is 0.825 bits per heavy atom. The van der Waals surface area contributed by atoms with Crippen molar-refractivity contribution in [1.29, 1.82) is 0 Å². The largest absolute Gasteiger partial charge is 0.248 e. The molecule has 6 heteroatoms. The van der Waals surface area contributed by atoms with Crippen molar-refractivity contribution in [2.24, 2.45) is 0 Å². The molecule has 114 heavy (non-hydrogen) atoms. The molecule has 0 aliphatic rings.